The molecule has 2 heterocycles. The SMILES string of the molecule is CC(=O)Nc1nc2ccc(-c3cnc(Cl)c(NC(=O)Cc4ccc(OCCOCCNC(=O)OC(C)(C)C)cc4)c3)cc2s1. The zero-order valence-electron chi connectivity index (χ0n) is 24.9. The van der Waals surface area contributed by atoms with Crippen LogP contribution in [0.25, 0.3) is 21.3 Å². The van der Waals surface area contributed by atoms with Gasteiger partial charge in [-0.3, -0.25) is 9.59 Å². The molecule has 0 unspecified atom stereocenters. The molecule has 2 aromatic heterocycles. The molecule has 11 nitrogen and oxygen atoms in total. The van der Waals surface area contributed by atoms with E-state index in [1.54, 1.807) is 45.2 Å². The normalized spacial score (nSPS) is 11.2. The summed E-state index contributed by atoms with van der Waals surface area (Å²) in [6.45, 7) is 8.20. The van der Waals surface area contributed by atoms with Crippen LogP contribution in [0.4, 0.5) is 15.6 Å². The van der Waals surface area contributed by atoms with Crippen molar-refractivity contribution < 1.29 is 28.6 Å². The molecule has 0 bridgehead atoms. The lowest BCUT2D eigenvalue weighted by atomic mass is 10.1. The number of anilines is 2. The molecule has 0 fully saturated rings. The maximum atomic E-state index is 12.8. The highest BCUT2D eigenvalue weighted by atomic mass is 35.5. The Bertz CT molecular complexity index is 1620. The number of hydrogen-bond donors (Lipinski definition) is 3. The Balaban J connectivity index is 1.23. The lowest BCUT2D eigenvalue weighted by Gasteiger charge is -2.19. The monoisotopic (exact) mass is 639 g/mol. The number of amides is 3. The van der Waals surface area contributed by atoms with Crippen LogP contribution in [-0.4, -0.2) is 59.8 Å². The molecule has 2 aromatic carbocycles. The van der Waals surface area contributed by atoms with Gasteiger partial charge in [-0.1, -0.05) is 41.1 Å². The van der Waals surface area contributed by atoms with Crippen LogP contribution in [0.15, 0.2) is 54.7 Å². The smallest absolute Gasteiger partial charge is 0.407 e. The molecule has 0 spiro atoms. The number of ether oxygens (including phenoxy) is 3. The number of pyridine rings is 1. The van der Waals surface area contributed by atoms with Crippen molar-refractivity contribution in [1.29, 1.82) is 0 Å². The van der Waals surface area contributed by atoms with Gasteiger partial charge in [0.2, 0.25) is 11.8 Å². The van der Waals surface area contributed by atoms with E-state index in [0.717, 1.165) is 26.9 Å². The number of thiazole rings is 1. The van der Waals surface area contributed by atoms with Crippen molar-refractivity contribution in [3.8, 4) is 16.9 Å². The van der Waals surface area contributed by atoms with Gasteiger partial charge in [-0.05, 0) is 62.2 Å². The van der Waals surface area contributed by atoms with E-state index < -0.39 is 11.7 Å². The summed E-state index contributed by atoms with van der Waals surface area (Å²) in [6.07, 6.45) is 1.29. The minimum Gasteiger partial charge on any atom is -0.491 e. The van der Waals surface area contributed by atoms with Crippen molar-refractivity contribution in [2.75, 3.05) is 37.0 Å². The number of nitrogens with zero attached hydrogens (tertiary/aromatic N) is 2. The first-order valence-electron chi connectivity index (χ1n) is 13.9. The molecular formula is C31H34ClN5O6S. The van der Waals surface area contributed by atoms with Crippen LogP contribution in [0.3, 0.4) is 0 Å². The fraction of sp³-hybridized carbons (Fsp3) is 0.323. The average molecular weight is 640 g/mol. The lowest BCUT2D eigenvalue weighted by molar-refractivity contribution is -0.116. The predicted molar refractivity (Wildman–Crippen MR) is 171 cm³/mol. The Kier molecular flexibility index (Phi) is 11.1. The molecule has 4 rings (SSSR count). The van der Waals surface area contributed by atoms with Crippen molar-refractivity contribution in [3.05, 3.63) is 65.4 Å². The molecule has 3 N–H and O–H groups in total. The van der Waals surface area contributed by atoms with Gasteiger partial charge >= 0.3 is 6.09 Å². The average Bonchev–Trinajstić information content (AvgIpc) is 3.34. The molecule has 3 amide bonds. The fourth-order valence-electron chi connectivity index (χ4n) is 3.95. The Morgan fingerprint density at radius 1 is 0.955 bits per heavy atom. The summed E-state index contributed by atoms with van der Waals surface area (Å²) in [5.41, 5.74) is 3.06. The van der Waals surface area contributed by atoms with E-state index >= 15 is 0 Å². The molecule has 0 atom stereocenters. The number of carbonyl (C=O) groups is 3. The third kappa shape index (κ3) is 10.2. The highest BCUT2D eigenvalue weighted by Gasteiger charge is 2.15. The third-order valence-electron chi connectivity index (χ3n) is 5.82. The van der Waals surface area contributed by atoms with Crippen LogP contribution >= 0.6 is 22.9 Å². The Hall–Kier alpha value is -4.26. The number of rotatable bonds is 12. The zero-order chi connectivity index (χ0) is 31.7. The van der Waals surface area contributed by atoms with E-state index in [0.29, 0.717) is 42.9 Å². The molecule has 4 aromatic rings. The van der Waals surface area contributed by atoms with Crippen molar-refractivity contribution in [3.63, 3.8) is 0 Å². The van der Waals surface area contributed by atoms with Gasteiger partial charge in [-0.2, -0.15) is 0 Å². The minimum atomic E-state index is -0.544. The van der Waals surface area contributed by atoms with Gasteiger partial charge in [-0.25, -0.2) is 14.8 Å². The van der Waals surface area contributed by atoms with Gasteiger partial charge in [0.15, 0.2) is 10.3 Å². The van der Waals surface area contributed by atoms with Gasteiger partial charge in [-0.15, -0.1) is 0 Å². The van der Waals surface area contributed by atoms with E-state index in [9.17, 15) is 14.4 Å². The van der Waals surface area contributed by atoms with Crippen molar-refractivity contribution in [2.45, 2.75) is 39.7 Å². The van der Waals surface area contributed by atoms with Crippen LogP contribution in [0.2, 0.25) is 5.15 Å². The van der Waals surface area contributed by atoms with Gasteiger partial charge in [0.25, 0.3) is 0 Å². The van der Waals surface area contributed by atoms with E-state index in [1.807, 2.05) is 30.3 Å². The first-order chi connectivity index (χ1) is 20.9. The van der Waals surface area contributed by atoms with E-state index in [-0.39, 0.29) is 23.4 Å². The molecule has 0 aliphatic rings. The number of hydrogen-bond acceptors (Lipinski definition) is 9. The largest absolute Gasteiger partial charge is 0.491 e. The number of alkyl carbamates (subject to hydrolysis) is 1. The summed E-state index contributed by atoms with van der Waals surface area (Å²) in [4.78, 5) is 44.4. The van der Waals surface area contributed by atoms with E-state index in [2.05, 4.69) is 25.9 Å². The van der Waals surface area contributed by atoms with E-state index in [4.69, 9.17) is 25.8 Å². The second-order valence-electron chi connectivity index (χ2n) is 10.7. The van der Waals surface area contributed by atoms with Crippen LogP contribution in [0, 0.1) is 0 Å². The number of aromatic nitrogens is 2. The molecule has 232 valence electrons. The molecule has 0 saturated heterocycles. The first-order valence-corrected chi connectivity index (χ1v) is 15.0. The predicted octanol–water partition coefficient (Wildman–Crippen LogP) is 6.07. The summed E-state index contributed by atoms with van der Waals surface area (Å²) >= 11 is 7.67. The molecule has 0 radical (unpaired) electrons. The summed E-state index contributed by atoms with van der Waals surface area (Å²) in [7, 11) is 0. The van der Waals surface area contributed by atoms with Crippen LogP contribution in [0.1, 0.15) is 33.3 Å². The van der Waals surface area contributed by atoms with Crippen LogP contribution in [-0.2, 0) is 25.5 Å². The molecule has 0 aliphatic carbocycles. The first kappa shape index (κ1) is 32.6. The van der Waals surface area contributed by atoms with Gasteiger partial charge < -0.3 is 30.2 Å². The van der Waals surface area contributed by atoms with Crippen LogP contribution in [0.5, 0.6) is 5.75 Å². The van der Waals surface area contributed by atoms with Gasteiger partial charge in [0.1, 0.15) is 18.0 Å². The molecule has 44 heavy (non-hydrogen) atoms. The molecule has 13 heteroatoms. The van der Waals surface area contributed by atoms with Crippen molar-refractivity contribution in [1.82, 2.24) is 15.3 Å². The summed E-state index contributed by atoms with van der Waals surface area (Å²) in [5.74, 6) is 0.220. The van der Waals surface area contributed by atoms with Gasteiger partial charge in [0.05, 0.1) is 35.5 Å². The summed E-state index contributed by atoms with van der Waals surface area (Å²) in [5, 5.41) is 8.89. The Morgan fingerprint density at radius 3 is 2.45 bits per heavy atom. The number of nitrogens with one attached hydrogen (secondary N) is 3. The number of carbonyl (C=O) groups excluding carboxylic acids is 3. The summed E-state index contributed by atoms with van der Waals surface area (Å²) < 4.78 is 17.2. The quantitative estimate of drug-likeness (QED) is 0.125. The highest BCUT2D eigenvalue weighted by molar-refractivity contribution is 7.22. The lowest BCUT2D eigenvalue weighted by Crippen LogP contribution is -2.34. The third-order valence-corrected chi connectivity index (χ3v) is 7.05. The molecular weight excluding hydrogens is 606 g/mol. The molecule has 0 aliphatic heterocycles. The van der Waals surface area contributed by atoms with Gasteiger partial charge in [0, 0.05) is 25.2 Å². The van der Waals surface area contributed by atoms with Crippen LogP contribution < -0.4 is 20.7 Å². The number of fused-ring (bicyclic) bond motifs is 1. The second-order valence-corrected chi connectivity index (χ2v) is 12.1. The number of halogens is 1. The van der Waals surface area contributed by atoms with Crippen molar-refractivity contribution in [2.24, 2.45) is 0 Å². The molecule has 0 saturated carbocycles. The second kappa shape index (κ2) is 15.0. The highest BCUT2D eigenvalue weighted by Crippen LogP contribution is 2.32. The summed E-state index contributed by atoms with van der Waals surface area (Å²) in [6, 6.07) is 14.7. The maximum Gasteiger partial charge on any atom is 0.407 e. The number of benzene rings is 2. The standard InChI is InChI=1S/C31H34ClN5O6S/c1-19(38)35-29-37-24-10-7-21(17-26(24)44-29)22-16-25(28(32)34-18-22)36-27(39)15-20-5-8-23(9-6-20)42-14-13-41-12-11-33-30(40)43-31(2,3)4/h5-10,16-18H,11-15H2,1-4H3,(H,33,40)(H,36,39)(H,35,37,38). The maximum absolute atomic E-state index is 12.8. The Morgan fingerprint density at radius 2 is 1.73 bits per heavy atom. The minimum absolute atomic E-state index is 0.132. The zero-order valence-corrected chi connectivity index (χ0v) is 26.4. The Labute approximate surface area is 264 Å². The topological polar surface area (TPSA) is 141 Å². The fourth-order valence-corrected chi connectivity index (χ4v) is 5.05. The van der Waals surface area contributed by atoms with Crippen molar-refractivity contribution >= 4 is 61.9 Å². The van der Waals surface area contributed by atoms with E-state index in [1.165, 1.54) is 18.3 Å².